The van der Waals surface area contributed by atoms with Crippen LogP contribution in [-0.2, 0) is 4.74 Å². The quantitative estimate of drug-likeness (QED) is 0.650. The minimum atomic E-state index is -0.374. The summed E-state index contributed by atoms with van der Waals surface area (Å²) in [4.78, 5) is 15.8. The Balaban J connectivity index is 1.97. The number of nitro benzene ring substituents is 1. The summed E-state index contributed by atoms with van der Waals surface area (Å²) >= 11 is 0. The molecule has 1 saturated heterocycles. The molecule has 94 valence electrons. The molecule has 18 heavy (non-hydrogen) atoms. The molecular weight excluding hydrogens is 234 g/mol. The molecular formula is C12H13N3O3. The van der Waals surface area contributed by atoms with E-state index in [0.29, 0.717) is 0 Å². The maximum atomic E-state index is 10.7. The molecule has 0 saturated carbocycles. The van der Waals surface area contributed by atoms with Crippen molar-refractivity contribution in [3.05, 3.63) is 34.4 Å². The number of nitrogens with zero attached hydrogens (tertiary/aromatic N) is 2. The first-order chi connectivity index (χ1) is 8.74. The van der Waals surface area contributed by atoms with Crippen LogP contribution in [0.1, 0.15) is 0 Å². The Morgan fingerprint density at radius 2 is 2.06 bits per heavy atom. The smallest absolute Gasteiger partial charge is 0.270 e. The molecule has 3 rings (SSSR count). The summed E-state index contributed by atoms with van der Waals surface area (Å²) in [5.41, 5.74) is 1.04. The number of benzene rings is 1. The van der Waals surface area contributed by atoms with Gasteiger partial charge in [0.2, 0.25) is 0 Å². The van der Waals surface area contributed by atoms with Gasteiger partial charge in [-0.2, -0.15) is 0 Å². The van der Waals surface area contributed by atoms with Crippen molar-refractivity contribution in [1.29, 1.82) is 0 Å². The maximum absolute atomic E-state index is 10.7. The van der Waals surface area contributed by atoms with Gasteiger partial charge in [-0.3, -0.25) is 10.1 Å². The number of non-ortho nitro benzene ring substituents is 1. The van der Waals surface area contributed by atoms with E-state index in [-0.39, 0.29) is 10.6 Å². The zero-order chi connectivity index (χ0) is 12.5. The highest BCUT2D eigenvalue weighted by atomic mass is 16.6. The molecule has 6 nitrogen and oxygen atoms in total. The summed E-state index contributed by atoms with van der Waals surface area (Å²) in [5, 5.41) is 11.6. The molecule has 1 aliphatic heterocycles. The third kappa shape index (κ3) is 1.91. The highest BCUT2D eigenvalue weighted by molar-refractivity contribution is 5.86. The first-order valence-electron chi connectivity index (χ1n) is 5.84. The van der Waals surface area contributed by atoms with E-state index in [4.69, 9.17) is 4.74 Å². The van der Waals surface area contributed by atoms with Crippen LogP contribution in [0.25, 0.3) is 10.9 Å². The van der Waals surface area contributed by atoms with Crippen molar-refractivity contribution in [1.82, 2.24) is 4.98 Å². The topological polar surface area (TPSA) is 71.4 Å². The molecule has 0 bridgehead atoms. The van der Waals surface area contributed by atoms with Gasteiger partial charge in [0.1, 0.15) is 5.82 Å². The van der Waals surface area contributed by atoms with Crippen LogP contribution >= 0.6 is 0 Å². The number of rotatable bonds is 2. The van der Waals surface area contributed by atoms with Gasteiger partial charge < -0.3 is 14.6 Å². The Morgan fingerprint density at radius 1 is 1.28 bits per heavy atom. The number of aromatic amines is 1. The summed E-state index contributed by atoms with van der Waals surface area (Å²) in [6.07, 6.45) is 0. The Kier molecular flexibility index (Phi) is 2.64. The van der Waals surface area contributed by atoms with E-state index < -0.39 is 0 Å². The SMILES string of the molecule is O=[N+]([O-])c1ccc2[nH]c(N3CCOCC3)cc2c1. The van der Waals surface area contributed by atoms with Crippen LogP contribution in [0, 0.1) is 10.1 Å². The van der Waals surface area contributed by atoms with Gasteiger partial charge in [-0.05, 0) is 12.1 Å². The lowest BCUT2D eigenvalue weighted by atomic mass is 10.2. The molecule has 1 fully saturated rings. The number of hydrogen-bond donors (Lipinski definition) is 1. The molecule has 1 aromatic heterocycles. The second-order valence-electron chi connectivity index (χ2n) is 4.28. The summed E-state index contributed by atoms with van der Waals surface area (Å²) in [6, 6.07) is 6.81. The molecule has 1 aromatic carbocycles. The Hall–Kier alpha value is -2.08. The predicted octanol–water partition coefficient (Wildman–Crippen LogP) is 1.91. The number of fused-ring (bicyclic) bond motifs is 1. The minimum absolute atomic E-state index is 0.120. The van der Waals surface area contributed by atoms with Crippen LogP contribution in [-0.4, -0.2) is 36.2 Å². The molecule has 0 radical (unpaired) electrons. The van der Waals surface area contributed by atoms with E-state index in [0.717, 1.165) is 43.0 Å². The van der Waals surface area contributed by atoms with Crippen LogP contribution < -0.4 is 4.90 Å². The van der Waals surface area contributed by atoms with Crippen LogP contribution in [0.3, 0.4) is 0 Å². The second-order valence-corrected chi connectivity index (χ2v) is 4.28. The van der Waals surface area contributed by atoms with Gasteiger partial charge in [0, 0.05) is 36.1 Å². The number of H-pyrrole nitrogens is 1. The molecule has 1 aliphatic rings. The fourth-order valence-corrected chi connectivity index (χ4v) is 2.19. The number of aromatic nitrogens is 1. The summed E-state index contributed by atoms with van der Waals surface area (Å²) in [5.74, 6) is 0.994. The number of nitrogens with one attached hydrogen (secondary N) is 1. The third-order valence-electron chi connectivity index (χ3n) is 3.15. The van der Waals surface area contributed by atoms with E-state index >= 15 is 0 Å². The number of morpholine rings is 1. The zero-order valence-electron chi connectivity index (χ0n) is 9.76. The highest BCUT2D eigenvalue weighted by Gasteiger charge is 2.14. The van der Waals surface area contributed by atoms with Crippen molar-refractivity contribution in [2.45, 2.75) is 0 Å². The number of anilines is 1. The molecule has 2 heterocycles. The fourth-order valence-electron chi connectivity index (χ4n) is 2.19. The van der Waals surface area contributed by atoms with Gasteiger partial charge in [-0.1, -0.05) is 0 Å². The van der Waals surface area contributed by atoms with Crippen molar-refractivity contribution < 1.29 is 9.66 Å². The molecule has 2 aromatic rings. The number of nitro groups is 1. The van der Waals surface area contributed by atoms with Gasteiger partial charge >= 0.3 is 0 Å². The van der Waals surface area contributed by atoms with Crippen LogP contribution in [0.5, 0.6) is 0 Å². The molecule has 1 N–H and O–H groups in total. The van der Waals surface area contributed by atoms with E-state index in [9.17, 15) is 10.1 Å². The van der Waals surface area contributed by atoms with Crippen molar-refractivity contribution in [2.24, 2.45) is 0 Å². The van der Waals surface area contributed by atoms with Gasteiger partial charge in [-0.15, -0.1) is 0 Å². The first kappa shape index (κ1) is 11.0. The monoisotopic (exact) mass is 247 g/mol. The zero-order valence-corrected chi connectivity index (χ0v) is 9.76. The van der Waals surface area contributed by atoms with Gasteiger partial charge in [0.15, 0.2) is 0 Å². The Morgan fingerprint density at radius 3 is 2.78 bits per heavy atom. The van der Waals surface area contributed by atoms with E-state index in [1.54, 1.807) is 12.1 Å². The summed E-state index contributed by atoms with van der Waals surface area (Å²) < 4.78 is 5.30. The van der Waals surface area contributed by atoms with Gasteiger partial charge in [-0.25, -0.2) is 0 Å². The molecule has 0 spiro atoms. The van der Waals surface area contributed by atoms with Crippen molar-refractivity contribution in [3.8, 4) is 0 Å². The second kappa shape index (κ2) is 4.30. The minimum Gasteiger partial charge on any atom is -0.378 e. The fraction of sp³-hybridized carbons (Fsp3) is 0.333. The Bertz CT molecular complexity index is 587. The summed E-state index contributed by atoms with van der Waals surface area (Å²) in [7, 11) is 0. The average Bonchev–Trinajstić information content (AvgIpc) is 2.82. The van der Waals surface area contributed by atoms with E-state index in [1.807, 2.05) is 6.07 Å². The number of hydrogen-bond acceptors (Lipinski definition) is 4. The molecule has 0 aliphatic carbocycles. The molecule has 0 amide bonds. The van der Waals surface area contributed by atoms with Crippen LogP contribution in [0.2, 0.25) is 0 Å². The highest BCUT2D eigenvalue weighted by Crippen LogP contribution is 2.25. The predicted molar refractivity (Wildman–Crippen MR) is 68.0 cm³/mol. The van der Waals surface area contributed by atoms with Crippen molar-refractivity contribution >= 4 is 22.4 Å². The van der Waals surface area contributed by atoms with Crippen molar-refractivity contribution in [2.75, 3.05) is 31.2 Å². The normalized spacial score (nSPS) is 16.1. The third-order valence-corrected chi connectivity index (χ3v) is 3.15. The molecule has 0 atom stereocenters. The lowest BCUT2D eigenvalue weighted by molar-refractivity contribution is -0.384. The average molecular weight is 247 g/mol. The maximum Gasteiger partial charge on any atom is 0.270 e. The van der Waals surface area contributed by atoms with E-state index in [1.165, 1.54) is 6.07 Å². The van der Waals surface area contributed by atoms with Gasteiger partial charge in [0.25, 0.3) is 5.69 Å². The Labute approximate surface area is 103 Å². The number of ether oxygens (including phenoxy) is 1. The first-order valence-corrected chi connectivity index (χ1v) is 5.84. The van der Waals surface area contributed by atoms with Crippen molar-refractivity contribution in [3.63, 3.8) is 0 Å². The molecule has 6 heteroatoms. The van der Waals surface area contributed by atoms with Crippen LogP contribution in [0.4, 0.5) is 11.5 Å². The van der Waals surface area contributed by atoms with Crippen LogP contribution in [0.15, 0.2) is 24.3 Å². The lowest BCUT2D eigenvalue weighted by Gasteiger charge is -2.27. The van der Waals surface area contributed by atoms with Gasteiger partial charge in [0.05, 0.1) is 18.1 Å². The standard InChI is InChI=1S/C12H13N3O3/c16-15(17)10-1-2-11-9(7-10)8-12(13-11)14-3-5-18-6-4-14/h1-2,7-8,13H,3-6H2. The van der Waals surface area contributed by atoms with E-state index in [2.05, 4.69) is 9.88 Å². The summed E-state index contributed by atoms with van der Waals surface area (Å²) in [6.45, 7) is 3.12. The lowest BCUT2D eigenvalue weighted by Crippen LogP contribution is -2.36. The largest absolute Gasteiger partial charge is 0.378 e. The molecule has 0 unspecified atom stereocenters.